The van der Waals surface area contributed by atoms with Gasteiger partial charge in [0.05, 0.1) is 0 Å². The summed E-state index contributed by atoms with van der Waals surface area (Å²) < 4.78 is 14.9. The van der Waals surface area contributed by atoms with E-state index in [4.69, 9.17) is 9.47 Å². The van der Waals surface area contributed by atoms with Gasteiger partial charge in [0.25, 0.3) is 6.71 Å². The summed E-state index contributed by atoms with van der Waals surface area (Å²) >= 11 is 0. The molecule has 0 amide bonds. The van der Waals surface area contributed by atoms with E-state index in [1.165, 1.54) is 65.1 Å². The third kappa shape index (κ3) is 7.65. The second-order valence-corrected chi connectivity index (χ2v) is 26.3. The molecule has 0 saturated heterocycles. The molecule has 2 aliphatic heterocycles. The molecule has 0 radical (unpaired) electrons. The minimum Gasteiger partial charge on any atom is -0.458 e. The quantitative estimate of drug-likeness (QED) is 0.117. The molecule has 0 spiro atoms. The zero-order valence-electron chi connectivity index (χ0n) is 42.0. The van der Waals surface area contributed by atoms with Crippen LogP contribution in [0.3, 0.4) is 0 Å². The summed E-state index contributed by atoms with van der Waals surface area (Å²) in [6.45, 7) is 20.6. The molecule has 0 bridgehead atoms. The number of rotatable bonds is 7. The second kappa shape index (κ2) is 17.1. The van der Waals surface area contributed by atoms with Crippen molar-refractivity contribution in [3.05, 3.63) is 223 Å². The Bertz CT molecular complexity index is 3270. The summed E-state index contributed by atoms with van der Waals surface area (Å²) in [5, 5.41) is 5.37. The van der Waals surface area contributed by atoms with E-state index in [0.29, 0.717) is 0 Å². The first kappa shape index (κ1) is 45.3. The Morgan fingerprint density at radius 1 is 0.357 bits per heavy atom. The van der Waals surface area contributed by atoms with Crippen molar-refractivity contribution < 1.29 is 9.47 Å². The number of fused-ring (bicyclic) bond motifs is 4. The molecule has 0 aliphatic carbocycles. The highest BCUT2D eigenvalue weighted by molar-refractivity contribution is 7.19. The largest absolute Gasteiger partial charge is 0.458 e. The zero-order chi connectivity index (χ0) is 48.6. The van der Waals surface area contributed by atoms with Crippen molar-refractivity contribution in [2.45, 2.75) is 78.6 Å². The summed E-state index contributed by atoms with van der Waals surface area (Å²) in [5.41, 5.74) is 13.7. The molecule has 11 rings (SSSR count). The fourth-order valence-corrected chi connectivity index (χ4v) is 16.0. The van der Waals surface area contributed by atoms with Crippen molar-refractivity contribution in [1.29, 1.82) is 0 Å². The Hall–Kier alpha value is -7.14. The molecule has 0 saturated carbocycles. The van der Waals surface area contributed by atoms with Gasteiger partial charge in [-0.05, 0) is 105 Å². The number of hydrogen-bond donors (Lipinski definition) is 0. The molecule has 9 aromatic rings. The van der Waals surface area contributed by atoms with E-state index >= 15 is 0 Å². The Morgan fingerprint density at radius 2 is 0.786 bits per heavy atom. The molecule has 2 nitrogen and oxygen atoms in total. The average molecular weight is 925 g/mol. The van der Waals surface area contributed by atoms with E-state index in [2.05, 4.69) is 269 Å². The van der Waals surface area contributed by atoms with E-state index in [-0.39, 0.29) is 23.0 Å². The van der Waals surface area contributed by atoms with Gasteiger partial charge in [0.15, 0.2) is 8.07 Å². The highest BCUT2D eigenvalue weighted by Crippen LogP contribution is 2.50. The van der Waals surface area contributed by atoms with Crippen LogP contribution in [0.5, 0.6) is 23.0 Å². The minimum atomic E-state index is -2.79. The van der Waals surface area contributed by atoms with Crippen LogP contribution in [0.2, 0.25) is 0 Å². The first-order valence-electron chi connectivity index (χ1n) is 24.9. The van der Waals surface area contributed by atoms with Crippen molar-refractivity contribution in [3.63, 3.8) is 0 Å². The summed E-state index contributed by atoms with van der Waals surface area (Å²) in [7, 11) is -2.79. The number of benzene rings is 9. The van der Waals surface area contributed by atoms with Crippen molar-refractivity contribution in [2.75, 3.05) is 0 Å². The summed E-state index contributed by atoms with van der Waals surface area (Å²) in [6.07, 6.45) is 0. The Kier molecular flexibility index (Phi) is 11.1. The van der Waals surface area contributed by atoms with E-state index in [1.807, 2.05) is 0 Å². The van der Waals surface area contributed by atoms with Gasteiger partial charge in [-0.2, -0.15) is 0 Å². The molecule has 0 unspecified atom stereocenters. The lowest BCUT2D eigenvalue weighted by atomic mass is 9.34. The highest BCUT2D eigenvalue weighted by Gasteiger charge is 2.45. The molecule has 70 heavy (non-hydrogen) atoms. The molecule has 2 heterocycles. The van der Waals surface area contributed by atoms with Crippen molar-refractivity contribution in [3.8, 4) is 56.4 Å². The smallest absolute Gasteiger partial charge is 0.260 e. The lowest BCUT2D eigenvalue weighted by Crippen LogP contribution is -2.74. The maximum Gasteiger partial charge on any atom is 0.260 e. The van der Waals surface area contributed by atoms with Gasteiger partial charge in [0.1, 0.15) is 23.0 Å². The normalized spacial score (nSPS) is 13.1. The Balaban J connectivity index is 1.23. The first-order valence-corrected chi connectivity index (χ1v) is 26.9. The van der Waals surface area contributed by atoms with Gasteiger partial charge < -0.3 is 9.47 Å². The number of ether oxygens (including phenoxy) is 2. The molecule has 2 aliphatic rings. The van der Waals surface area contributed by atoms with E-state index in [9.17, 15) is 0 Å². The van der Waals surface area contributed by atoms with Crippen LogP contribution in [-0.4, -0.2) is 14.8 Å². The summed E-state index contributed by atoms with van der Waals surface area (Å²) in [6, 6.07) is 76.9. The maximum atomic E-state index is 7.48. The molecule has 344 valence electrons. The molecule has 4 heteroatoms. The van der Waals surface area contributed by atoms with Gasteiger partial charge in [0, 0.05) is 16.6 Å². The number of hydrogen-bond acceptors (Lipinski definition) is 2. The summed E-state index contributed by atoms with van der Waals surface area (Å²) in [4.78, 5) is 0. The van der Waals surface area contributed by atoms with E-state index in [1.54, 1.807) is 0 Å². The van der Waals surface area contributed by atoms with E-state index < -0.39 is 8.07 Å². The molecule has 0 aromatic heterocycles. The van der Waals surface area contributed by atoms with Crippen LogP contribution in [0.15, 0.2) is 206 Å². The topological polar surface area (TPSA) is 18.5 Å². The van der Waals surface area contributed by atoms with Crippen LogP contribution >= 0.6 is 0 Å². The fraction of sp³-hybridized carbons (Fsp3) is 0.182. The van der Waals surface area contributed by atoms with Crippen LogP contribution in [0.1, 0.15) is 79.0 Å². The Labute approximate surface area is 417 Å². The van der Waals surface area contributed by atoms with Crippen LogP contribution in [0, 0.1) is 0 Å². The second-order valence-electron chi connectivity index (χ2n) is 22.5. The first-order chi connectivity index (χ1) is 33.6. The van der Waals surface area contributed by atoms with E-state index in [0.717, 1.165) is 45.2 Å². The minimum absolute atomic E-state index is 0.0673. The van der Waals surface area contributed by atoms with Gasteiger partial charge in [-0.1, -0.05) is 250 Å². The highest BCUT2D eigenvalue weighted by atomic mass is 28.3. The van der Waals surface area contributed by atoms with Gasteiger partial charge in [-0.15, -0.1) is 0 Å². The standard InChI is InChI=1S/C66H61BO2Si/c1-64(2,3)46-35-39-58-56(41-46)67-57-42-47(65(4,5)6)36-40-59(57)69-63-54(60-52(44-23-14-10-15-24-44)31-22-32-55(60)66(7,8)9)43-53(62(68-58)61(63)67)45-33-37-51(38-34-45)70(48-25-16-11-17-26-48,49-27-18-12-19-28-49)50-29-20-13-21-30-50/h10-43H,1-9H3. The van der Waals surface area contributed by atoms with Crippen LogP contribution < -0.4 is 46.6 Å². The molecular formula is C66H61BO2Si. The van der Waals surface area contributed by atoms with Crippen LogP contribution in [0.4, 0.5) is 0 Å². The van der Waals surface area contributed by atoms with Gasteiger partial charge >= 0.3 is 0 Å². The third-order valence-corrected chi connectivity index (χ3v) is 19.6. The third-order valence-electron chi connectivity index (χ3n) is 14.8. The van der Waals surface area contributed by atoms with Gasteiger partial charge in [-0.3, -0.25) is 0 Å². The summed E-state index contributed by atoms with van der Waals surface area (Å²) in [5.74, 6) is 3.49. The molecule has 0 atom stereocenters. The van der Waals surface area contributed by atoms with Crippen LogP contribution in [0.25, 0.3) is 33.4 Å². The predicted molar refractivity (Wildman–Crippen MR) is 300 cm³/mol. The predicted octanol–water partition coefficient (Wildman–Crippen LogP) is 12.7. The average Bonchev–Trinajstić information content (AvgIpc) is 3.37. The lowest BCUT2D eigenvalue weighted by Gasteiger charge is -2.37. The Morgan fingerprint density at radius 3 is 1.24 bits per heavy atom. The fourth-order valence-electron chi connectivity index (χ4n) is 11.2. The maximum absolute atomic E-state index is 7.48. The molecule has 0 N–H and O–H groups in total. The molecule has 0 fully saturated rings. The van der Waals surface area contributed by atoms with Crippen molar-refractivity contribution in [2.24, 2.45) is 0 Å². The zero-order valence-corrected chi connectivity index (χ0v) is 43.0. The van der Waals surface area contributed by atoms with Crippen molar-refractivity contribution in [1.82, 2.24) is 0 Å². The van der Waals surface area contributed by atoms with Gasteiger partial charge in [-0.25, -0.2) is 0 Å². The monoisotopic (exact) mass is 924 g/mol. The molecular weight excluding hydrogens is 864 g/mol. The van der Waals surface area contributed by atoms with Gasteiger partial charge in [0.2, 0.25) is 0 Å². The van der Waals surface area contributed by atoms with Crippen LogP contribution in [-0.2, 0) is 16.2 Å². The lowest BCUT2D eigenvalue weighted by molar-refractivity contribution is 0.465. The van der Waals surface area contributed by atoms with Crippen molar-refractivity contribution >= 4 is 51.9 Å². The molecule has 9 aromatic carbocycles. The SMILES string of the molecule is CC(C)(C)c1ccc2c(c1)B1c3cc(C(C)(C)C)ccc3Oc3c(-c4c(-c5ccccc5)cccc4C(C)(C)C)cc(-c4ccc([Si](c5ccccc5)(c5ccccc5)c5ccccc5)cc4)c(c31)O2.